The van der Waals surface area contributed by atoms with Crippen LogP contribution in [0.15, 0.2) is 23.2 Å². The monoisotopic (exact) mass is 163 g/mol. The van der Waals surface area contributed by atoms with E-state index in [-0.39, 0.29) is 5.06 Å². The number of benzene rings is 1. The lowest BCUT2D eigenvalue weighted by molar-refractivity contribution is -0.655. The minimum absolute atomic E-state index is 0.0198. The Kier molecular flexibility index (Phi) is 1.65. The zero-order chi connectivity index (χ0) is 8.55. The molecule has 0 amide bonds. The van der Waals surface area contributed by atoms with Crippen molar-refractivity contribution in [1.82, 2.24) is 0 Å². The van der Waals surface area contributed by atoms with Gasteiger partial charge in [0, 0.05) is 12.6 Å². The third-order valence-corrected chi connectivity index (χ3v) is 1.88. The summed E-state index contributed by atoms with van der Waals surface area (Å²) in [6.45, 7) is 0.483. The highest BCUT2D eigenvalue weighted by atomic mass is 16.5. The second-order valence-electron chi connectivity index (χ2n) is 2.68. The largest absolute Gasteiger partial charge is 0.623 e. The molecule has 1 unspecified atom stereocenters. The summed E-state index contributed by atoms with van der Waals surface area (Å²) in [4.78, 5) is 3.96. The first kappa shape index (κ1) is 7.42. The highest BCUT2D eigenvalue weighted by Gasteiger charge is 2.13. The van der Waals surface area contributed by atoms with Gasteiger partial charge in [-0.3, -0.25) is 5.06 Å². The second kappa shape index (κ2) is 2.67. The number of rotatable bonds is 1. The first-order valence-electron chi connectivity index (χ1n) is 3.72. The smallest absolute Gasteiger partial charge is 0.194 e. The minimum Gasteiger partial charge on any atom is -0.623 e. The normalized spacial score (nSPS) is 19.7. The van der Waals surface area contributed by atoms with E-state index in [9.17, 15) is 5.21 Å². The average molecular weight is 163 g/mol. The fourth-order valence-electron chi connectivity index (χ4n) is 1.22. The zero-order valence-electron chi connectivity index (χ0n) is 6.45. The first-order valence-corrected chi connectivity index (χ1v) is 3.72. The van der Waals surface area contributed by atoms with E-state index in [0.29, 0.717) is 12.2 Å². The maximum atomic E-state index is 11.1. The number of hydrogen-bond acceptors (Lipinski definition) is 3. The number of nitrogens with zero attached hydrogens (tertiary/aromatic N) is 1. The molecule has 2 rings (SSSR count). The summed E-state index contributed by atoms with van der Waals surface area (Å²) < 4.78 is 0. The van der Waals surface area contributed by atoms with Gasteiger partial charge in [0.25, 0.3) is 0 Å². The van der Waals surface area contributed by atoms with E-state index in [1.54, 1.807) is 6.07 Å². The van der Waals surface area contributed by atoms with Crippen molar-refractivity contribution in [3.05, 3.63) is 29.0 Å². The molecule has 62 valence electrons. The van der Waals surface area contributed by atoms with Crippen molar-refractivity contribution < 1.29 is 5.06 Å². The quantitative estimate of drug-likeness (QED) is 0.564. The predicted molar refractivity (Wildman–Crippen MR) is 46.5 cm³/mol. The van der Waals surface area contributed by atoms with Crippen LogP contribution in [0.5, 0.6) is 0 Å². The van der Waals surface area contributed by atoms with E-state index in [4.69, 9.17) is 5.73 Å². The molecule has 1 heterocycles. The SMILES string of the molecule is NCc1ccc2c(c1)N=C[NH+]2[O-]. The number of hydroxylamine groups is 1. The Labute approximate surface area is 69.9 Å². The Balaban J connectivity index is 2.47. The summed E-state index contributed by atoms with van der Waals surface area (Å²) in [5, 5.41) is 11.1. The van der Waals surface area contributed by atoms with Gasteiger partial charge in [-0.1, -0.05) is 6.07 Å². The fraction of sp³-hybridized carbons (Fsp3) is 0.125. The number of aliphatic imine (C=N–C) groups is 1. The van der Waals surface area contributed by atoms with E-state index >= 15 is 0 Å². The van der Waals surface area contributed by atoms with Gasteiger partial charge in [0.05, 0.1) is 0 Å². The number of nitrogens with one attached hydrogen (secondary N) is 1. The van der Waals surface area contributed by atoms with Gasteiger partial charge in [-0.15, -0.1) is 0 Å². The molecule has 0 aromatic heterocycles. The Hall–Kier alpha value is -1.23. The molecule has 1 aliphatic rings. The van der Waals surface area contributed by atoms with Crippen molar-refractivity contribution in [1.29, 1.82) is 0 Å². The van der Waals surface area contributed by atoms with Crippen molar-refractivity contribution in [3.8, 4) is 0 Å². The van der Waals surface area contributed by atoms with E-state index < -0.39 is 0 Å². The Morgan fingerprint density at radius 3 is 3.08 bits per heavy atom. The molecule has 0 fully saturated rings. The summed E-state index contributed by atoms with van der Waals surface area (Å²) in [5.74, 6) is 0. The molecule has 1 aromatic rings. The molecule has 3 N–H and O–H groups in total. The highest BCUT2D eigenvalue weighted by Crippen LogP contribution is 2.24. The van der Waals surface area contributed by atoms with Gasteiger partial charge in [0.2, 0.25) is 0 Å². The van der Waals surface area contributed by atoms with Crippen LogP contribution in [0.1, 0.15) is 5.56 Å². The molecule has 0 saturated carbocycles. The van der Waals surface area contributed by atoms with Gasteiger partial charge in [0.15, 0.2) is 12.0 Å². The number of hydrogen-bond donors (Lipinski definition) is 2. The molecule has 0 aliphatic carbocycles. The standard InChI is InChI=1S/C8H9N3O/c9-4-6-1-2-8-7(3-6)10-5-11(8)12/h1-3,5,11H,4,9H2. The van der Waals surface area contributed by atoms with E-state index in [1.807, 2.05) is 12.1 Å². The molecule has 0 saturated heterocycles. The van der Waals surface area contributed by atoms with Crippen LogP contribution in [0.25, 0.3) is 0 Å². The van der Waals surface area contributed by atoms with Crippen molar-refractivity contribution in [2.45, 2.75) is 6.54 Å². The third-order valence-electron chi connectivity index (χ3n) is 1.88. The third kappa shape index (κ3) is 1.02. The van der Waals surface area contributed by atoms with Crippen LogP contribution in [0.2, 0.25) is 0 Å². The van der Waals surface area contributed by atoms with Gasteiger partial charge in [0.1, 0.15) is 5.69 Å². The first-order chi connectivity index (χ1) is 5.81. The molecule has 0 bridgehead atoms. The van der Waals surface area contributed by atoms with E-state index in [1.165, 1.54) is 6.34 Å². The van der Waals surface area contributed by atoms with Crippen LogP contribution >= 0.6 is 0 Å². The molecule has 4 nitrogen and oxygen atoms in total. The van der Waals surface area contributed by atoms with E-state index in [0.717, 1.165) is 11.3 Å². The Morgan fingerprint density at radius 1 is 1.50 bits per heavy atom. The predicted octanol–water partition coefficient (Wildman–Crippen LogP) is -0.167. The van der Waals surface area contributed by atoms with Crippen LogP contribution in [0.3, 0.4) is 0 Å². The van der Waals surface area contributed by atoms with Crippen molar-refractivity contribution in [2.75, 3.05) is 0 Å². The van der Waals surface area contributed by atoms with Gasteiger partial charge in [-0.05, 0) is 11.6 Å². The Bertz CT molecular complexity index is 335. The Morgan fingerprint density at radius 2 is 2.33 bits per heavy atom. The topological polar surface area (TPSA) is 65.9 Å². The average Bonchev–Trinajstić information content (AvgIpc) is 2.47. The molecular formula is C8H9N3O. The lowest BCUT2D eigenvalue weighted by Crippen LogP contribution is -2.99. The maximum Gasteiger partial charge on any atom is 0.194 e. The van der Waals surface area contributed by atoms with Crippen molar-refractivity contribution >= 4 is 17.7 Å². The lowest BCUT2D eigenvalue weighted by atomic mass is 10.2. The van der Waals surface area contributed by atoms with E-state index in [2.05, 4.69) is 4.99 Å². The summed E-state index contributed by atoms with van der Waals surface area (Å²) in [7, 11) is 0. The summed E-state index contributed by atoms with van der Waals surface area (Å²) in [5.41, 5.74) is 7.85. The van der Waals surface area contributed by atoms with Crippen LogP contribution in [-0.4, -0.2) is 6.34 Å². The van der Waals surface area contributed by atoms with Gasteiger partial charge in [-0.2, -0.15) is 4.99 Å². The molecule has 1 aliphatic heterocycles. The number of nitrogens with two attached hydrogens (primary N) is 1. The molecule has 0 radical (unpaired) electrons. The van der Waals surface area contributed by atoms with Crippen LogP contribution in [0, 0.1) is 5.21 Å². The second-order valence-corrected chi connectivity index (χ2v) is 2.68. The van der Waals surface area contributed by atoms with Crippen LogP contribution < -0.4 is 10.8 Å². The van der Waals surface area contributed by atoms with Crippen LogP contribution in [-0.2, 0) is 6.54 Å². The summed E-state index contributed by atoms with van der Waals surface area (Å²) >= 11 is 0. The molecule has 4 heteroatoms. The molecule has 12 heavy (non-hydrogen) atoms. The summed E-state index contributed by atoms with van der Waals surface area (Å²) in [6.07, 6.45) is 1.34. The highest BCUT2D eigenvalue weighted by molar-refractivity contribution is 5.72. The molecule has 1 aromatic carbocycles. The summed E-state index contributed by atoms with van der Waals surface area (Å²) in [6, 6.07) is 5.47. The minimum atomic E-state index is -0.0198. The van der Waals surface area contributed by atoms with Crippen LogP contribution in [0.4, 0.5) is 11.4 Å². The van der Waals surface area contributed by atoms with Crippen molar-refractivity contribution in [3.63, 3.8) is 0 Å². The number of fused-ring (bicyclic) bond motifs is 1. The molecule has 1 atom stereocenters. The molecule has 0 spiro atoms. The zero-order valence-corrected chi connectivity index (χ0v) is 6.45. The molecular weight excluding hydrogens is 154 g/mol. The van der Waals surface area contributed by atoms with Gasteiger partial charge < -0.3 is 10.9 Å². The fourth-order valence-corrected chi connectivity index (χ4v) is 1.22. The number of quaternary nitrogens is 1. The maximum absolute atomic E-state index is 11.1. The van der Waals surface area contributed by atoms with Gasteiger partial charge in [-0.25, -0.2) is 0 Å². The lowest BCUT2D eigenvalue weighted by Gasteiger charge is -2.11. The van der Waals surface area contributed by atoms with Gasteiger partial charge >= 0.3 is 0 Å². The van der Waals surface area contributed by atoms with Crippen molar-refractivity contribution in [2.24, 2.45) is 10.7 Å².